The van der Waals surface area contributed by atoms with Crippen molar-refractivity contribution in [1.82, 2.24) is 0 Å². The summed E-state index contributed by atoms with van der Waals surface area (Å²) in [6.07, 6.45) is 7.86. The normalized spacial score (nSPS) is 33.0. The molecule has 44 heavy (non-hydrogen) atoms. The number of allylic oxidation sites excluding steroid dienone is 3. The van der Waals surface area contributed by atoms with E-state index in [0.29, 0.717) is 24.8 Å². The van der Waals surface area contributed by atoms with E-state index in [0.717, 1.165) is 11.1 Å². The molecule has 4 rings (SSSR count). The largest absolute Gasteiger partial charge is 0.461 e. The van der Waals surface area contributed by atoms with E-state index >= 15 is 0 Å². The summed E-state index contributed by atoms with van der Waals surface area (Å²) in [5.41, 5.74) is 1.12. The van der Waals surface area contributed by atoms with Crippen LogP contribution in [0.1, 0.15) is 72.8 Å². The van der Waals surface area contributed by atoms with Crippen LogP contribution in [0.15, 0.2) is 72.4 Å². The number of hydrogen-bond acceptors (Lipinski definition) is 8. The van der Waals surface area contributed by atoms with Crippen LogP contribution >= 0.6 is 0 Å². The van der Waals surface area contributed by atoms with E-state index < -0.39 is 59.1 Å². The van der Waals surface area contributed by atoms with Crippen molar-refractivity contribution in [3.63, 3.8) is 0 Å². The van der Waals surface area contributed by atoms with Gasteiger partial charge in [0.1, 0.15) is 24.4 Å². The molecule has 2 saturated carbocycles. The van der Waals surface area contributed by atoms with Gasteiger partial charge in [0, 0.05) is 33.3 Å². The molecule has 0 saturated heterocycles. The minimum atomic E-state index is -1.02. The number of rotatable bonds is 9. The van der Waals surface area contributed by atoms with Crippen molar-refractivity contribution in [1.29, 1.82) is 0 Å². The quantitative estimate of drug-likeness (QED) is 0.106. The molecule has 1 spiro atoms. The highest BCUT2D eigenvalue weighted by Gasteiger charge is 2.71. The molecule has 8 nitrogen and oxygen atoms in total. The van der Waals surface area contributed by atoms with Gasteiger partial charge in [0.2, 0.25) is 0 Å². The average molecular weight is 605 g/mol. The van der Waals surface area contributed by atoms with Crippen LogP contribution in [0.3, 0.4) is 0 Å². The molecule has 0 unspecified atom stereocenters. The highest BCUT2D eigenvalue weighted by Crippen LogP contribution is 2.68. The summed E-state index contributed by atoms with van der Waals surface area (Å²) < 4.78 is 24.0. The summed E-state index contributed by atoms with van der Waals surface area (Å²) >= 11 is 0. The molecule has 8 heteroatoms. The van der Waals surface area contributed by atoms with E-state index in [1.54, 1.807) is 12.2 Å². The molecule has 0 heterocycles. The van der Waals surface area contributed by atoms with Gasteiger partial charge >= 0.3 is 23.9 Å². The summed E-state index contributed by atoms with van der Waals surface area (Å²) in [5.74, 6) is -2.16. The molecule has 3 aliphatic rings. The molecule has 8 atom stereocenters. The van der Waals surface area contributed by atoms with Gasteiger partial charge in [-0.15, -0.1) is 0 Å². The molecule has 0 bridgehead atoms. The Morgan fingerprint density at radius 1 is 0.886 bits per heavy atom. The Labute approximate surface area is 260 Å². The SMILES string of the molecule is C=C/C(C)=C/C[C@]1(C)[C@H]2C[C@H](OC(C)=O)C=C3[C@H](OC(C)=O)C[C@@H](OC(C)=O)[C@@]32[C@H](OC(=O)/C=C/c2ccccc2)C[C@@H]1C. The number of carbonyl (C=O) groups excluding carboxylic acids is 4. The lowest BCUT2D eigenvalue weighted by molar-refractivity contribution is -0.204. The standard InChI is InChI=1S/C36H44O8/c1-8-22(2)16-17-35(7)23(3)18-32(44-34(40)15-14-27-12-10-9-11-13-27)36-29(19-28(20-31(35)36)41-24(4)37)30(42-25(5)38)21-33(36)43-26(6)39/h8-16,19,23,28,30-33H,1,17-18,20-21H2,2-7H3/b15-14+,22-16+/t23-,28+,30+,31+,32+,33+,35-,36-/m0/s1. The van der Waals surface area contributed by atoms with Crippen LogP contribution in [0, 0.1) is 22.7 Å². The molecule has 0 aromatic heterocycles. The number of carbonyl (C=O) groups is 4. The molecular weight excluding hydrogens is 560 g/mol. The number of esters is 4. The maximum absolute atomic E-state index is 13.5. The summed E-state index contributed by atoms with van der Waals surface area (Å²) in [5, 5.41) is 0. The molecule has 1 aromatic carbocycles. The van der Waals surface area contributed by atoms with Crippen molar-refractivity contribution in [2.75, 3.05) is 0 Å². The molecule has 0 aliphatic heterocycles. The van der Waals surface area contributed by atoms with Crippen molar-refractivity contribution in [2.45, 2.75) is 91.6 Å². The maximum Gasteiger partial charge on any atom is 0.331 e. The Kier molecular flexibility index (Phi) is 10.0. The minimum Gasteiger partial charge on any atom is -0.461 e. The monoisotopic (exact) mass is 604 g/mol. The predicted molar refractivity (Wildman–Crippen MR) is 166 cm³/mol. The molecule has 0 N–H and O–H groups in total. The fourth-order valence-corrected chi connectivity index (χ4v) is 7.73. The van der Waals surface area contributed by atoms with E-state index in [4.69, 9.17) is 18.9 Å². The second-order valence-corrected chi connectivity index (χ2v) is 12.6. The molecule has 236 valence electrons. The molecule has 0 radical (unpaired) electrons. The number of ether oxygens (including phenoxy) is 4. The van der Waals surface area contributed by atoms with Gasteiger partial charge in [0.25, 0.3) is 0 Å². The highest BCUT2D eigenvalue weighted by molar-refractivity contribution is 5.87. The van der Waals surface area contributed by atoms with Gasteiger partial charge in [0.05, 0.1) is 5.41 Å². The van der Waals surface area contributed by atoms with Crippen molar-refractivity contribution < 1.29 is 38.1 Å². The van der Waals surface area contributed by atoms with Crippen LogP contribution < -0.4 is 0 Å². The van der Waals surface area contributed by atoms with E-state index in [1.165, 1.54) is 26.8 Å². The Morgan fingerprint density at radius 3 is 2.14 bits per heavy atom. The fourth-order valence-electron chi connectivity index (χ4n) is 7.73. The van der Waals surface area contributed by atoms with E-state index in [9.17, 15) is 19.2 Å². The van der Waals surface area contributed by atoms with Gasteiger partial charge < -0.3 is 18.9 Å². The molecular formula is C36H44O8. The van der Waals surface area contributed by atoms with Crippen LogP contribution in [0.5, 0.6) is 0 Å². The zero-order valence-corrected chi connectivity index (χ0v) is 26.5. The van der Waals surface area contributed by atoms with Crippen LogP contribution in [0.25, 0.3) is 6.08 Å². The number of hydrogen-bond donors (Lipinski definition) is 0. The topological polar surface area (TPSA) is 105 Å². The van der Waals surface area contributed by atoms with Crippen molar-refractivity contribution in [3.8, 4) is 0 Å². The van der Waals surface area contributed by atoms with Crippen LogP contribution in [-0.2, 0) is 38.1 Å². The summed E-state index contributed by atoms with van der Waals surface area (Å²) in [6, 6.07) is 9.45. The first-order valence-electron chi connectivity index (χ1n) is 15.3. The third-order valence-electron chi connectivity index (χ3n) is 9.83. The van der Waals surface area contributed by atoms with E-state index in [-0.39, 0.29) is 18.3 Å². The van der Waals surface area contributed by atoms with Gasteiger partial charge in [-0.3, -0.25) is 14.4 Å². The van der Waals surface area contributed by atoms with Crippen molar-refractivity contribution in [2.24, 2.45) is 22.7 Å². The van der Waals surface area contributed by atoms with Gasteiger partial charge in [-0.05, 0) is 66.7 Å². The van der Waals surface area contributed by atoms with Crippen molar-refractivity contribution >= 4 is 30.0 Å². The first-order chi connectivity index (χ1) is 20.8. The molecule has 0 amide bonds. The molecule has 2 fully saturated rings. The van der Waals surface area contributed by atoms with Crippen LogP contribution in [-0.4, -0.2) is 48.3 Å². The van der Waals surface area contributed by atoms with Gasteiger partial charge in [0.15, 0.2) is 0 Å². The lowest BCUT2D eigenvalue weighted by Crippen LogP contribution is -2.63. The Balaban J connectivity index is 1.90. The van der Waals surface area contributed by atoms with Crippen molar-refractivity contribution in [3.05, 3.63) is 77.9 Å². The predicted octanol–water partition coefficient (Wildman–Crippen LogP) is 6.31. The first kappa shape index (κ1) is 33.0. The lowest BCUT2D eigenvalue weighted by atomic mass is 9.44. The highest BCUT2D eigenvalue weighted by atomic mass is 16.6. The van der Waals surface area contributed by atoms with E-state index in [1.807, 2.05) is 43.3 Å². The fraction of sp³-hybridized carbons (Fsp3) is 0.500. The van der Waals surface area contributed by atoms with Crippen LogP contribution in [0.2, 0.25) is 0 Å². The van der Waals surface area contributed by atoms with Gasteiger partial charge in [-0.2, -0.15) is 0 Å². The smallest absolute Gasteiger partial charge is 0.331 e. The Bertz CT molecular complexity index is 1370. The summed E-state index contributed by atoms with van der Waals surface area (Å²) in [6.45, 7) is 14.3. The molecule has 3 aliphatic carbocycles. The second-order valence-electron chi connectivity index (χ2n) is 12.6. The van der Waals surface area contributed by atoms with E-state index in [2.05, 4.69) is 26.5 Å². The second kappa shape index (κ2) is 13.4. The number of benzene rings is 1. The maximum atomic E-state index is 13.5. The molecule has 1 aromatic rings. The Morgan fingerprint density at radius 2 is 1.52 bits per heavy atom. The zero-order valence-electron chi connectivity index (χ0n) is 26.5. The lowest BCUT2D eigenvalue weighted by Gasteiger charge is -2.61. The zero-order chi connectivity index (χ0) is 32.2. The third kappa shape index (κ3) is 6.59. The third-order valence-corrected chi connectivity index (χ3v) is 9.83. The van der Waals surface area contributed by atoms with Gasteiger partial charge in [-0.1, -0.05) is 68.5 Å². The Hall–Kier alpha value is -3.94. The first-order valence-corrected chi connectivity index (χ1v) is 15.3. The average Bonchev–Trinajstić information content (AvgIpc) is 3.25. The van der Waals surface area contributed by atoms with Crippen LogP contribution in [0.4, 0.5) is 0 Å². The minimum absolute atomic E-state index is 0.0472. The van der Waals surface area contributed by atoms with Gasteiger partial charge in [-0.25, -0.2) is 4.79 Å². The summed E-state index contributed by atoms with van der Waals surface area (Å²) in [7, 11) is 0. The summed E-state index contributed by atoms with van der Waals surface area (Å²) in [4.78, 5) is 50.6.